The Balaban J connectivity index is 2.06. The van der Waals surface area contributed by atoms with Gasteiger partial charge in [-0.1, -0.05) is 29.8 Å². The van der Waals surface area contributed by atoms with Crippen molar-refractivity contribution in [2.24, 2.45) is 0 Å². The van der Waals surface area contributed by atoms with Gasteiger partial charge >= 0.3 is 0 Å². The molecule has 1 aliphatic rings. The molecule has 176 valence electrons. The van der Waals surface area contributed by atoms with Gasteiger partial charge in [0.1, 0.15) is 0 Å². The Labute approximate surface area is 202 Å². The minimum Gasteiger partial charge on any atom is -0.369 e. The zero-order chi connectivity index (χ0) is 23.9. The number of aromatic nitrogens is 1. The van der Waals surface area contributed by atoms with E-state index in [1.54, 1.807) is 0 Å². The van der Waals surface area contributed by atoms with Crippen LogP contribution >= 0.6 is 11.6 Å². The Morgan fingerprint density at radius 2 is 1.61 bits per heavy atom. The van der Waals surface area contributed by atoms with Gasteiger partial charge < -0.3 is 14.8 Å². The minimum atomic E-state index is -3.48. The summed E-state index contributed by atoms with van der Waals surface area (Å²) in [6, 6.07) is 14.2. The number of anilines is 1. The normalized spacial score (nSPS) is 14.8. The quantitative estimate of drug-likeness (QED) is 0.519. The number of rotatable bonds is 5. The van der Waals surface area contributed by atoms with Gasteiger partial charge in [-0.2, -0.15) is 0 Å². The Hall–Kier alpha value is -2.28. The Morgan fingerprint density at radius 3 is 2.18 bits per heavy atom. The molecule has 0 spiro atoms. The number of aryl methyl sites for hydroxylation is 1. The van der Waals surface area contributed by atoms with Crippen molar-refractivity contribution < 1.29 is 8.42 Å². The van der Waals surface area contributed by atoms with E-state index in [4.69, 9.17) is 11.6 Å². The predicted molar refractivity (Wildman–Crippen MR) is 138 cm³/mol. The van der Waals surface area contributed by atoms with Crippen molar-refractivity contribution >= 4 is 27.1 Å². The molecule has 1 N–H and O–H groups in total. The molecule has 7 heteroatoms. The molecule has 0 saturated carbocycles. The monoisotopic (exact) mass is 485 g/mol. The predicted octanol–water partition coefficient (Wildman–Crippen LogP) is 5.49. The van der Waals surface area contributed by atoms with Crippen LogP contribution in [0.5, 0.6) is 0 Å². The fraction of sp³-hybridized carbons (Fsp3) is 0.385. The standard InChI is InChI=1S/C26H32ClN3O2S/c1-17(2)30-19(4)26(33(5,31)32)24(25(30)20-6-8-22(27)9-7-20)21-14-18(3)15-23(16-21)29-12-10-28-11-13-29/h6-9,14-17,28H,10-13H2,1-5H3. The van der Waals surface area contributed by atoms with Crippen LogP contribution in [-0.2, 0) is 9.84 Å². The average Bonchev–Trinajstić information content (AvgIpc) is 3.08. The molecule has 0 unspecified atom stereocenters. The van der Waals surface area contributed by atoms with E-state index in [0.717, 1.165) is 65.5 Å². The largest absolute Gasteiger partial charge is 0.369 e. The lowest BCUT2D eigenvalue weighted by molar-refractivity contribution is 0.583. The van der Waals surface area contributed by atoms with Crippen LogP contribution in [0.3, 0.4) is 0 Å². The molecule has 1 aromatic heterocycles. The topological polar surface area (TPSA) is 54.3 Å². The second-order valence-corrected chi connectivity index (χ2v) is 11.6. The molecular formula is C26H32ClN3O2S. The van der Waals surface area contributed by atoms with Gasteiger partial charge in [0.05, 0.1) is 10.6 Å². The molecule has 0 aliphatic carbocycles. The number of sulfone groups is 1. The molecule has 5 nitrogen and oxygen atoms in total. The zero-order valence-corrected chi connectivity index (χ0v) is 21.5. The number of hydrogen-bond acceptors (Lipinski definition) is 4. The van der Waals surface area contributed by atoms with Crippen molar-refractivity contribution in [3.05, 3.63) is 58.7 Å². The number of benzene rings is 2. The number of halogens is 1. The highest BCUT2D eigenvalue weighted by Gasteiger charge is 2.30. The molecular weight excluding hydrogens is 454 g/mol. The van der Waals surface area contributed by atoms with Crippen LogP contribution in [0.15, 0.2) is 47.4 Å². The van der Waals surface area contributed by atoms with E-state index in [2.05, 4.69) is 53.8 Å². The fourth-order valence-corrected chi connectivity index (χ4v) is 6.30. The third kappa shape index (κ3) is 4.70. The van der Waals surface area contributed by atoms with Gasteiger partial charge in [-0.3, -0.25) is 0 Å². The van der Waals surface area contributed by atoms with Crippen LogP contribution in [0.2, 0.25) is 5.02 Å². The first-order valence-electron chi connectivity index (χ1n) is 11.4. The summed E-state index contributed by atoms with van der Waals surface area (Å²) in [5, 5.41) is 4.05. The lowest BCUT2D eigenvalue weighted by atomic mass is 9.98. The van der Waals surface area contributed by atoms with E-state index >= 15 is 0 Å². The third-order valence-corrected chi connectivity index (χ3v) is 7.73. The molecule has 1 aliphatic heterocycles. The molecule has 1 saturated heterocycles. The van der Waals surface area contributed by atoms with Crippen molar-refractivity contribution in [1.82, 2.24) is 9.88 Å². The maximum Gasteiger partial charge on any atom is 0.177 e. The Bertz CT molecular complexity index is 1270. The van der Waals surface area contributed by atoms with Gasteiger partial charge in [-0.05, 0) is 68.7 Å². The summed E-state index contributed by atoms with van der Waals surface area (Å²) in [7, 11) is -3.48. The van der Waals surface area contributed by atoms with E-state index in [0.29, 0.717) is 9.92 Å². The first-order chi connectivity index (χ1) is 15.6. The molecule has 0 atom stereocenters. The molecule has 1 fully saturated rings. The third-order valence-electron chi connectivity index (χ3n) is 6.23. The van der Waals surface area contributed by atoms with E-state index in [1.807, 2.05) is 31.2 Å². The van der Waals surface area contributed by atoms with Gasteiger partial charge in [0.2, 0.25) is 0 Å². The van der Waals surface area contributed by atoms with Crippen LogP contribution < -0.4 is 10.2 Å². The van der Waals surface area contributed by atoms with Crippen molar-refractivity contribution in [3.8, 4) is 22.4 Å². The van der Waals surface area contributed by atoms with E-state index in [9.17, 15) is 8.42 Å². The maximum absolute atomic E-state index is 13.1. The lowest BCUT2D eigenvalue weighted by Gasteiger charge is -2.30. The van der Waals surface area contributed by atoms with E-state index < -0.39 is 9.84 Å². The van der Waals surface area contributed by atoms with Gasteiger partial charge in [-0.15, -0.1) is 0 Å². The Morgan fingerprint density at radius 1 is 0.970 bits per heavy atom. The summed E-state index contributed by atoms with van der Waals surface area (Å²) < 4.78 is 28.4. The van der Waals surface area contributed by atoms with Gasteiger partial charge in [0.25, 0.3) is 0 Å². The van der Waals surface area contributed by atoms with Crippen molar-refractivity contribution in [3.63, 3.8) is 0 Å². The number of nitrogens with one attached hydrogen (secondary N) is 1. The highest BCUT2D eigenvalue weighted by Crippen LogP contribution is 2.44. The van der Waals surface area contributed by atoms with Crippen LogP contribution in [0.1, 0.15) is 31.1 Å². The highest BCUT2D eigenvalue weighted by atomic mass is 35.5. The number of piperazine rings is 1. The lowest BCUT2D eigenvalue weighted by Crippen LogP contribution is -2.43. The van der Waals surface area contributed by atoms with E-state index in [1.165, 1.54) is 6.26 Å². The molecule has 0 amide bonds. The molecule has 33 heavy (non-hydrogen) atoms. The van der Waals surface area contributed by atoms with E-state index in [-0.39, 0.29) is 6.04 Å². The Kier molecular flexibility index (Phi) is 6.63. The summed E-state index contributed by atoms with van der Waals surface area (Å²) in [4.78, 5) is 2.76. The molecule has 0 radical (unpaired) electrons. The first-order valence-corrected chi connectivity index (χ1v) is 13.6. The zero-order valence-electron chi connectivity index (χ0n) is 19.9. The molecule has 2 aromatic carbocycles. The second kappa shape index (κ2) is 9.16. The van der Waals surface area contributed by atoms with Crippen LogP contribution in [0, 0.1) is 13.8 Å². The first kappa shape index (κ1) is 23.9. The second-order valence-electron chi connectivity index (χ2n) is 9.18. The molecule has 3 aromatic rings. The summed E-state index contributed by atoms with van der Waals surface area (Å²) in [5.41, 5.74) is 6.56. The van der Waals surface area contributed by atoms with Gasteiger partial charge in [0, 0.05) is 60.4 Å². The summed E-state index contributed by atoms with van der Waals surface area (Å²) in [6.45, 7) is 11.9. The number of hydrogen-bond donors (Lipinski definition) is 1. The smallest absolute Gasteiger partial charge is 0.177 e. The minimum absolute atomic E-state index is 0.0855. The molecule has 2 heterocycles. The highest BCUT2D eigenvalue weighted by molar-refractivity contribution is 7.91. The fourth-order valence-electron chi connectivity index (χ4n) is 4.96. The van der Waals surface area contributed by atoms with Gasteiger partial charge in [-0.25, -0.2) is 8.42 Å². The van der Waals surface area contributed by atoms with Crippen LogP contribution in [0.4, 0.5) is 5.69 Å². The summed E-state index contributed by atoms with van der Waals surface area (Å²) in [6.07, 6.45) is 1.31. The van der Waals surface area contributed by atoms with Crippen molar-refractivity contribution in [2.75, 3.05) is 37.3 Å². The maximum atomic E-state index is 13.1. The summed E-state index contributed by atoms with van der Waals surface area (Å²) >= 11 is 6.18. The van der Waals surface area contributed by atoms with Crippen molar-refractivity contribution in [1.29, 1.82) is 0 Å². The van der Waals surface area contributed by atoms with Crippen LogP contribution in [0.25, 0.3) is 22.4 Å². The SMILES string of the molecule is Cc1cc(-c2c(S(C)(=O)=O)c(C)n(C(C)C)c2-c2ccc(Cl)cc2)cc(N2CCNCC2)c1. The summed E-state index contributed by atoms with van der Waals surface area (Å²) in [5.74, 6) is 0. The van der Waals surface area contributed by atoms with Crippen LogP contribution in [-0.4, -0.2) is 45.4 Å². The van der Waals surface area contributed by atoms with Gasteiger partial charge in [0.15, 0.2) is 9.84 Å². The average molecular weight is 486 g/mol. The van der Waals surface area contributed by atoms with Crippen molar-refractivity contribution in [2.45, 2.75) is 38.6 Å². The number of nitrogens with zero attached hydrogens (tertiary/aromatic N) is 2. The molecule has 0 bridgehead atoms. The molecule has 4 rings (SSSR count).